The second-order valence-corrected chi connectivity index (χ2v) is 9.53. The summed E-state index contributed by atoms with van der Waals surface area (Å²) in [5, 5.41) is 5.68. The quantitative estimate of drug-likeness (QED) is 0.865. The maximum absolute atomic E-state index is 12.6. The first-order valence-electron chi connectivity index (χ1n) is 8.67. The van der Waals surface area contributed by atoms with Crippen LogP contribution in [0.2, 0.25) is 0 Å². The summed E-state index contributed by atoms with van der Waals surface area (Å²) in [4.78, 5) is 12.6. The molecule has 1 saturated heterocycles. The molecule has 1 aromatic rings. The summed E-state index contributed by atoms with van der Waals surface area (Å²) in [6, 6.07) is 8.26. The van der Waals surface area contributed by atoms with Gasteiger partial charge >= 0.3 is 0 Å². The van der Waals surface area contributed by atoms with Gasteiger partial charge < -0.3 is 10.6 Å². The van der Waals surface area contributed by atoms with Gasteiger partial charge in [-0.3, -0.25) is 4.79 Å². The highest BCUT2D eigenvalue weighted by atomic mass is 16.1. The van der Waals surface area contributed by atoms with Crippen LogP contribution < -0.4 is 10.6 Å². The highest BCUT2D eigenvalue weighted by molar-refractivity contribution is 5.94. The fraction of sp³-hybridized carbons (Fsp3) is 0.650. The van der Waals surface area contributed by atoms with Crippen LogP contribution in [0.4, 0.5) is 0 Å². The molecule has 3 N–H and O–H groups in total. The van der Waals surface area contributed by atoms with E-state index in [1.807, 2.05) is 12.1 Å². The predicted molar refractivity (Wildman–Crippen MR) is 95.7 cm³/mol. The van der Waals surface area contributed by atoms with E-state index >= 15 is 0 Å². The van der Waals surface area contributed by atoms with Crippen molar-refractivity contribution >= 4 is 5.91 Å². The van der Waals surface area contributed by atoms with Crippen LogP contribution in [-0.4, -0.2) is 23.0 Å². The maximum atomic E-state index is 12.6. The van der Waals surface area contributed by atoms with E-state index in [0.29, 0.717) is 0 Å². The third-order valence-corrected chi connectivity index (χ3v) is 4.67. The van der Waals surface area contributed by atoms with E-state index in [0.717, 1.165) is 18.4 Å². The molecule has 1 fully saturated rings. The summed E-state index contributed by atoms with van der Waals surface area (Å²) in [5.41, 5.74) is 2.44. The Morgan fingerprint density at radius 2 is 1.52 bits per heavy atom. The van der Waals surface area contributed by atoms with Gasteiger partial charge in [-0.25, -0.2) is 0 Å². The number of nitrogens with one attached hydrogen (secondary N) is 1. The molecule has 0 aliphatic carbocycles. The van der Waals surface area contributed by atoms with Crippen molar-refractivity contribution in [3.8, 4) is 0 Å². The SMILES string of the molecule is CC1(C)CC(NC(=O)c2ccc(C(C)(C)C)cc2)CC(C)(C)[NH2+]1. The second kappa shape index (κ2) is 5.94. The lowest BCUT2D eigenvalue weighted by Gasteiger charge is -2.43. The summed E-state index contributed by atoms with van der Waals surface area (Å²) in [7, 11) is 0. The zero-order chi connectivity index (χ0) is 17.5. The molecular formula is C20H33N2O+. The van der Waals surface area contributed by atoms with Crippen LogP contribution in [0.3, 0.4) is 0 Å². The normalized spacial score (nSPS) is 21.0. The Labute approximate surface area is 141 Å². The fourth-order valence-corrected chi connectivity index (χ4v) is 4.01. The zero-order valence-corrected chi connectivity index (χ0v) is 15.8. The lowest BCUT2D eigenvalue weighted by molar-refractivity contribution is -0.787. The Hall–Kier alpha value is -1.35. The molecule has 3 heteroatoms. The van der Waals surface area contributed by atoms with Crippen LogP contribution >= 0.6 is 0 Å². The number of amides is 1. The Morgan fingerprint density at radius 3 is 1.96 bits per heavy atom. The van der Waals surface area contributed by atoms with E-state index in [1.54, 1.807) is 0 Å². The van der Waals surface area contributed by atoms with Gasteiger partial charge in [0.2, 0.25) is 0 Å². The van der Waals surface area contributed by atoms with Gasteiger partial charge in [-0.2, -0.15) is 0 Å². The van der Waals surface area contributed by atoms with E-state index in [-0.39, 0.29) is 28.4 Å². The zero-order valence-electron chi connectivity index (χ0n) is 15.8. The van der Waals surface area contributed by atoms with Gasteiger partial charge in [0.25, 0.3) is 5.91 Å². The maximum Gasteiger partial charge on any atom is 0.251 e. The molecule has 3 nitrogen and oxygen atoms in total. The number of quaternary nitrogens is 1. The minimum absolute atomic E-state index is 0.0453. The van der Waals surface area contributed by atoms with E-state index in [9.17, 15) is 4.79 Å². The molecule has 1 amide bonds. The minimum atomic E-state index is 0.0453. The van der Waals surface area contributed by atoms with Crippen LogP contribution in [0.5, 0.6) is 0 Å². The molecule has 0 unspecified atom stereocenters. The Balaban J connectivity index is 2.07. The van der Waals surface area contributed by atoms with E-state index in [4.69, 9.17) is 0 Å². The fourth-order valence-electron chi connectivity index (χ4n) is 4.01. The van der Waals surface area contributed by atoms with Crippen LogP contribution in [0.1, 0.15) is 77.2 Å². The van der Waals surface area contributed by atoms with Crippen LogP contribution in [0, 0.1) is 0 Å². The van der Waals surface area contributed by atoms with Crippen LogP contribution in [0.25, 0.3) is 0 Å². The third-order valence-electron chi connectivity index (χ3n) is 4.67. The van der Waals surface area contributed by atoms with E-state index in [1.165, 1.54) is 5.56 Å². The summed E-state index contributed by atoms with van der Waals surface area (Å²) in [5.74, 6) is 0.0453. The summed E-state index contributed by atoms with van der Waals surface area (Å²) in [6.07, 6.45) is 2.00. The summed E-state index contributed by atoms with van der Waals surface area (Å²) >= 11 is 0. The molecule has 0 spiro atoms. The smallest absolute Gasteiger partial charge is 0.251 e. The molecule has 128 valence electrons. The molecule has 1 aliphatic heterocycles. The molecule has 0 bridgehead atoms. The van der Waals surface area contributed by atoms with Gasteiger partial charge in [-0.15, -0.1) is 0 Å². The Kier molecular flexibility index (Phi) is 4.64. The number of piperidine rings is 1. The van der Waals surface area contributed by atoms with Crippen molar-refractivity contribution in [1.82, 2.24) is 5.32 Å². The number of carbonyl (C=O) groups is 1. The van der Waals surface area contributed by atoms with Crippen molar-refractivity contribution in [2.24, 2.45) is 0 Å². The third kappa shape index (κ3) is 4.81. The number of nitrogens with two attached hydrogens (primary N) is 1. The Morgan fingerprint density at radius 1 is 1.04 bits per heavy atom. The lowest BCUT2D eigenvalue weighted by atomic mass is 9.79. The first-order chi connectivity index (χ1) is 10.4. The van der Waals surface area contributed by atoms with Crippen molar-refractivity contribution in [2.75, 3.05) is 0 Å². The second-order valence-electron chi connectivity index (χ2n) is 9.53. The van der Waals surface area contributed by atoms with Crippen LogP contribution in [0.15, 0.2) is 24.3 Å². The molecule has 0 aromatic heterocycles. The van der Waals surface area contributed by atoms with Crippen molar-refractivity contribution in [3.63, 3.8) is 0 Å². The van der Waals surface area contributed by atoms with Gasteiger partial charge in [0, 0.05) is 24.4 Å². The van der Waals surface area contributed by atoms with Crippen LogP contribution in [-0.2, 0) is 5.41 Å². The number of hydrogen-bond donors (Lipinski definition) is 2. The molecular weight excluding hydrogens is 284 g/mol. The molecule has 1 heterocycles. The van der Waals surface area contributed by atoms with Gasteiger partial charge in [-0.1, -0.05) is 32.9 Å². The monoisotopic (exact) mass is 317 g/mol. The van der Waals surface area contributed by atoms with Crippen molar-refractivity contribution < 1.29 is 10.1 Å². The number of rotatable bonds is 2. The van der Waals surface area contributed by atoms with Crippen molar-refractivity contribution in [2.45, 2.75) is 83.8 Å². The van der Waals surface area contributed by atoms with Crippen molar-refractivity contribution in [1.29, 1.82) is 0 Å². The summed E-state index contributed by atoms with van der Waals surface area (Å²) < 4.78 is 0. The van der Waals surface area contributed by atoms with Crippen molar-refractivity contribution in [3.05, 3.63) is 35.4 Å². The molecule has 0 saturated carbocycles. The minimum Gasteiger partial charge on any atom is -0.349 e. The molecule has 1 aromatic carbocycles. The first-order valence-corrected chi connectivity index (χ1v) is 8.67. The predicted octanol–water partition coefficient (Wildman–Crippen LogP) is 3.00. The highest BCUT2D eigenvalue weighted by Crippen LogP contribution is 2.24. The molecule has 23 heavy (non-hydrogen) atoms. The molecule has 2 rings (SSSR count). The molecule has 0 radical (unpaired) electrons. The highest BCUT2D eigenvalue weighted by Gasteiger charge is 2.42. The molecule has 1 aliphatic rings. The van der Waals surface area contributed by atoms with Gasteiger partial charge in [0.1, 0.15) is 0 Å². The van der Waals surface area contributed by atoms with Gasteiger partial charge in [-0.05, 0) is 50.8 Å². The summed E-state index contributed by atoms with van der Waals surface area (Å²) in [6.45, 7) is 15.6. The first kappa shape index (κ1) is 18.0. The van der Waals surface area contributed by atoms with Gasteiger partial charge in [0.05, 0.1) is 11.1 Å². The standard InChI is InChI=1S/C20H32N2O/c1-18(2,3)15-10-8-14(9-11-15)17(23)21-16-12-19(4,5)22-20(6,7)13-16/h8-11,16,22H,12-13H2,1-7H3,(H,21,23)/p+1. The molecule has 0 atom stereocenters. The average Bonchev–Trinajstić information content (AvgIpc) is 2.33. The average molecular weight is 317 g/mol. The topological polar surface area (TPSA) is 45.7 Å². The Bertz CT molecular complexity index is 548. The number of hydrogen-bond acceptors (Lipinski definition) is 1. The number of benzene rings is 1. The van der Waals surface area contributed by atoms with Gasteiger partial charge in [0.15, 0.2) is 0 Å². The largest absolute Gasteiger partial charge is 0.349 e. The lowest BCUT2D eigenvalue weighted by Crippen LogP contribution is -3.06. The van der Waals surface area contributed by atoms with E-state index < -0.39 is 0 Å². The van der Waals surface area contributed by atoms with E-state index in [2.05, 4.69) is 71.2 Å². The number of carbonyl (C=O) groups excluding carboxylic acids is 1.